The third kappa shape index (κ3) is 5.73. The molecule has 0 radical (unpaired) electrons. The molecule has 6 nitrogen and oxygen atoms in total. The van der Waals surface area contributed by atoms with Crippen LogP contribution >= 0.6 is 0 Å². The fourth-order valence-corrected chi connectivity index (χ4v) is 10.7. The zero-order valence-corrected chi connectivity index (χ0v) is 26.6. The summed E-state index contributed by atoms with van der Waals surface area (Å²) in [6, 6.07) is 0. The van der Waals surface area contributed by atoms with Crippen LogP contribution in [0, 0.1) is 58.2 Å². The second-order valence-electron chi connectivity index (χ2n) is 15.7. The van der Waals surface area contributed by atoms with Crippen molar-refractivity contribution in [3.05, 3.63) is 12.2 Å². The molecule has 0 bridgehead atoms. The van der Waals surface area contributed by atoms with Crippen molar-refractivity contribution in [1.29, 1.82) is 0 Å². The monoisotopic (exact) mass is 576 g/mol. The summed E-state index contributed by atoms with van der Waals surface area (Å²) in [6.45, 7) is 14.5. The van der Waals surface area contributed by atoms with E-state index in [2.05, 4.69) is 53.7 Å². The molecule has 0 aromatic rings. The van der Waals surface area contributed by atoms with Gasteiger partial charge in [-0.1, -0.05) is 66.5 Å². The largest absolute Gasteiger partial charge is 0.394 e. The Kier molecular flexibility index (Phi) is 9.71. The molecule has 15 atom stereocenters. The molecule has 1 aliphatic heterocycles. The second-order valence-corrected chi connectivity index (χ2v) is 15.7. The highest BCUT2D eigenvalue weighted by Gasteiger charge is 2.59. The molecule has 3 saturated carbocycles. The lowest BCUT2D eigenvalue weighted by Gasteiger charge is -2.59. The number of aliphatic hydroxyl groups is 4. The van der Waals surface area contributed by atoms with Gasteiger partial charge >= 0.3 is 0 Å². The summed E-state index contributed by atoms with van der Waals surface area (Å²) in [5.74, 6) is 5.90. The molecule has 41 heavy (non-hydrogen) atoms. The van der Waals surface area contributed by atoms with Crippen LogP contribution in [0.15, 0.2) is 12.2 Å². The van der Waals surface area contributed by atoms with E-state index in [1.807, 2.05) is 0 Å². The molecule has 0 unspecified atom stereocenters. The zero-order chi connectivity index (χ0) is 29.7. The predicted molar refractivity (Wildman–Crippen MR) is 161 cm³/mol. The molecule has 6 heteroatoms. The van der Waals surface area contributed by atoms with Crippen LogP contribution in [0.25, 0.3) is 0 Å². The van der Waals surface area contributed by atoms with Crippen LogP contribution in [0.2, 0.25) is 0 Å². The minimum absolute atomic E-state index is 0.0842. The third-order valence-electron chi connectivity index (χ3n) is 13.5. The molecule has 4 N–H and O–H groups in total. The number of fused-ring (bicyclic) bond motifs is 5. The van der Waals surface area contributed by atoms with Crippen molar-refractivity contribution in [2.75, 3.05) is 6.61 Å². The van der Waals surface area contributed by atoms with E-state index in [-0.39, 0.29) is 11.5 Å². The summed E-state index contributed by atoms with van der Waals surface area (Å²) >= 11 is 0. The van der Waals surface area contributed by atoms with Crippen molar-refractivity contribution in [2.24, 2.45) is 58.2 Å². The highest BCUT2D eigenvalue weighted by atomic mass is 16.7. The van der Waals surface area contributed by atoms with Gasteiger partial charge in [-0.3, -0.25) is 0 Å². The van der Waals surface area contributed by atoms with Crippen LogP contribution < -0.4 is 0 Å². The van der Waals surface area contributed by atoms with Gasteiger partial charge in [-0.15, -0.1) is 0 Å². The predicted octanol–water partition coefficient (Wildman–Crippen LogP) is 5.70. The molecule has 5 aliphatic rings. The Morgan fingerprint density at radius 2 is 1.59 bits per heavy atom. The molecular formula is C35H60O6. The molecule has 1 saturated heterocycles. The fourth-order valence-electron chi connectivity index (χ4n) is 10.7. The highest BCUT2D eigenvalue weighted by Crippen LogP contribution is 2.67. The van der Waals surface area contributed by atoms with Gasteiger partial charge in [-0.25, -0.2) is 0 Å². The van der Waals surface area contributed by atoms with Crippen molar-refractivity contribution in [1.82, 2.24) is 0 Å². The van der Waals surface area contributed by atoms with Gasteiger partial charge in [0.15, 0.2) is 6.29 Å². The topological polar surface area (TPSA) is 99.4 Å². The number of rotatable bonds is 9. The standard InChI is InChI=1S/C35H60O6/c1-7-22(20(2)3)9-8-21(4)26-12-13-27-25-11-10-23-18-24(14-16-34(23,5)28(25)15-17-35(26,27)6)40-33-32(39)31(38)30(37)29(19-36)41-33/h10-11,20-33,36-39H,7-9,12-19H2,1-6H3/t21-,22-,23-,24+,25+,26-,27+,28+,29-,30-,31+,32-,33-,34+,35-/m1/s1. The maximum atomic E-state index is 10.5. The van der Waals surface area contributed by atoms with Gasteiger partial charge in [-0.05, 0) is 110 Å². The SMILES string of the molecule is CC[C@H](CC[C@@H](C)[C@H]1CC[C@H]2[C@@H]3C=C[C@@H]4C[C@@H](O[C@@H]5O[C@H](CO)[C@@H](O)[C@H](O)[C@H]5O)CC[C@]4(C)[C@H]3CC[C@]12C)C(C)C. The highest BCUT2D eigenvalue weighted by molar-refractivity contribution is 5.18. The minimum Gasteiger partial charge on any atom is -0.394 e. The molecule has 4 aliphatic carbocycles. The van der Waals surface area contributed by atoms with Gasteiger partial charge in [0.1, 0.15) is 24.4 Å². The lowest BCUT2D eigenvalue weighted by molar-refractivity contribution is -0.315. The van der Waals surface area contributed by atoms with Gasteiger partial charge in [0, 0.05) is 0 Å². The van der Waals surface area contributed by atoms with Gasteiger partial charge in [0.05, 0.1) is 12.7 Å². The van der Waals surface area contributed by atoms with E-state index in [0.717, 1.165) is 48.9 Å². The number of hydrogen-bond acceptors (Lipinski definition) is 6. The van der Waals surface area contributed by atoms with Crippen molar-refractivity contribution in [2.45, 2.75) is 143 Å². The molecule has 0 aromatic heterocycles. The average Bonchev–Trinajstić information content (AvgIpc) is 3.30. The van der Waals surface area contributed by atoms with Crippen molar-refractivity contribution >= 4 is 0 Å². The molecule has 0 amide bonds. The number of ether oxygens (including phenoxy) is 2. The summed E-state index contributed by atoms with van der Waals surface area (Å²) in [7, 11) is 0. The van der Waals surface area contributed by atoms with Crippen LogP contribution in [-0.4, -0.2) is 63.8 Å². The van der Waals surface area contributed by atoms with E-state index in [0.29, 0.717) is 23.2 Å². The van der Waals surface area contributed by atoms with Crippen LogP contribution in [0.4, 0.5) is 0 Å². The molecule has 1 heterocycles. The van der Waals surface area contributed by atoms with Crippen molar-refractivity contribution in [3.63, 3.8) is 0 Å². The van der Waals surface area contributed by atoms with E-state index in [1.54, 1.807) is 0 Å². The summed E-state index contributed by atoms with van der Waals surface area (Å²) in [4.78, 5) is 0. The van der Waals surface area contributed by atoms with Crippen LogP contribution in [0.1, 0.15) is 106 Å². The Morgan fingerprint density at radius 1 is 0.878 bits per heavy atom. The minimum atomic E-state index is -1.40. The van der Waals surface area contributed by atoms with E-state index in [4.69, 9.17) is 9.47 Å². The smallest absolute Gasteiger partial charge is 0.186 e. The normalized spacial score (nSPS) is 49.3. The number of hydrogen-bond donors (Lipinski definition) is 4. The fraction of sp³-hybridized carbons (Fsp3) is 0.943. The lowest BCUT2D eigenvalue weighted by Crippen LogP contribution is -2.60. The molecule has 4 fully saturated rings. The lowest BCUT2D eigenvalue weighted by atomic mass is 9.46. The summed E-state index contributed by atoms with van der Waals surface area (Å²) in [5.41, 5.74) is 0.711. The molecule has 0 aromatic carbocycles. The molecular weight excluding hydrogens is 516 g/mol. The van der Waals surface area contributed by atoms with Crippen molar-refractivity contribution in [3.8, 4) is 0 Å². The first-order valence-electron chi connectivity index (χ1n) is 17.1. The first-order valence-corrected chi connectivity index (χ1v) is 17.1. The van der Waals surface area contributed by atoms with Gasteiger partial charge in [0.25, 0.3) is 0 Å². The maximum absolute atomic E-state index is 10.5. The average molecular weight is 577 g/mol. The van der Waals surface area contributed by atoms with Crippen LogP contribution in [0.5, 0.6) is 0 Å². The Bertz CT molecular complexity index is 905. The first kappa shape index (κ1) is 31.9. The molecule has 236 valence electrons. The Labute approximate surface area is 249 Å². The third-order valence-corrected chi connectivity index (χ3v) is 13.5. The summed E-state index contributed by atoms with van der Waals surface area (Å²) < 4.78 is 11.9. The second kappa shape index (κ2) is 12.5. The Hall–Kier alpha value is -0.500. The zero-order valence-electron chi connectivity index (χ0n) is 26.6. The van der Waals surface area contributed by atoms with Crippen LogP contribution in [-0.2, 0) is 9.47 Å². The Morgan fingerprint density at radius 3 is 2.27 bits per heavy atom. The van der Waals surface area contributed by atoms with E-state index < -0.39 is 37.3 Å². The van der Waals surface area contributed by atoms with Crippen molar-refractivity contribution < 1.29 is 29.9 Å². The van der Waals surface area contributed by atoms with Crippen LogP contribution in [0.3, 0.4) is 0 Å². The van der Waals surface area contributed by atoms with E-state index in [9.17, 15) is 20.4 Å². The molecule has 0 spiro atoms. The summed E-state index contributed by atoms with van der Waals surface area (Å²) in [5, 5.41) is 40.4. The number of aliphatic hydroxyl groups excluding tert-OH is 4. The van der Waals surface area contributed by atoms with E-state index >= 15 is 0 Å². The van der Waals surface area contributed by atoms with E-state index in [1.165, 1.54) is 44.9 Å². The Balaban J connectivity index is 1.24. The first-order chi connectivity index (χ1) is 19.4. The summed E-state index contributed by atoms with van der Waals surface area (Å²) in [6.07, 6.45) is 11.3. The van der Waals surface area contributed by atoms with Gasteiger partial charge in [-0.2, -0.15) is 0 Å². The maximum Gasteiger partial charge on any atom is 0.186 e. The quantitative estimate of drug-likeness (QED) is 0.263. The molecule has 5 rings (SSSR count). The van der Waals surface area contributed by atoms with Gasteiger partial charge < -0.3 is 29.9 Å². The van der Waals surface area contributed by atoms with Gasteiger partial charge in [0.2, 0.25) is 0 Å². The number of allylic oxidation sites excluding steroid dienone is 2.